The van der Waals surface area contributed by atoms with E-state index in [1.54, 1.807) is 31.4 Å². The van der Waals surface area contributed by atoms with Crippen molar-refractivity contribution in [3.8, 4) is 5.75 Å². The van der Waals surface area contributed by atoms with Gasteiger partial charge >= 0.3 is 5.97 Å². The number of nitrogens with one attached hydrogen (secondary N) is 1. The predicted molar refractivity (Wildman–Crippen MR) is 95.9 cm³/mol. The topological polar surface area (TPSA) is 75.6 Å². The quantitative estimate of drug-likeness (QED) is 0.773. The van der Waals surface area contributed by atoms with Gasteiger partial charge in [0.15, 0.2) is 0 Å². The first kappa shape index (κ1) is 18.5. The first-order chi connectivity index (χ1) is 12.0. The third-order valence-electron chi connectivity index (χ3n) is 4.16. The fourth-order valence-electron chi connectivity index (χ4n) is 2.67. The minimum Gasteiger partial charge on any atom is -0.497 e. The molecule has 0 aromatic heterocycles. The van der Waals surface area contributed by atoms with Gasteiger partial charge in [0, 0.05) is 13.0 Å². The fourth-order valence-corrected chi connectivity index (χ4v) is 2.67. The second-order valence-corrected chi connectivity index (χ2v) is 5.99. The highest BCUT2D eigenvalue weighted by atomic mass is 16.5. The molecule has 0 saturated heterocycles. The van der Waals surface area contributed by atoms with Crippen LogP contribution in [-0.4, -0.2) is 30.6 Å². The molecule has 2 atom stereocenters. The highest BCUT2D eigenvalue weighted by Crippen LogP contribution is 2.23. The monoisotopic (exact) mass is 341 g/mol. The molecule has 5 nitrogen and oxygen atoms in total. The molecule has 0 spiro atoms. The number of methoxy groups -OCH3 is 1. The Bertz CT molecular complexity index is 715. The molecule has 0 radical (unpaired) electrons. The summed E-state index contributed by atoms with van der Waals surface area (Å²) in [5.41, 5.74) is 1.68. The largest absolute Gasteiger partial charge is 0.497 e. The molecule has 2 N–H and O–H groups in total. The Labute approximate surface area is 147 Å². The third kappa shape index (κ3) is 5.35. The Hall–Kier alpha value is -2.82. The van der Waals surface area contributed by atoms with Gasteiger partial charge in [0.05, 0.1) is 13.0 Å². The van der Waals surface area contributed by atoms with Crippen molar-refractivity contribution in [2.24, 2.45) is 0 Å². The number of carbonyl (C=O) groups is 2. The molecule has 0 saturated carbocycles. The zero-order valence-electron chi connectivity index (χ0n) is 14.4. The number of carboxylic acids is 1. The molecule has 0 aliphatic heterocycles. The zero-order valence-corrected chi connectivity index (χ0v) is 14.4. The molecule has 2 aromatic rings. The summed E-state index contributed by atoms with van der Waals surface area (Å²) in [6.45, 7) is 2.03. The Kier molecular flexibility index (Phi) is 6.57. The van der Waals surface area contributed by atoms with E-state index in [0.29, 0.717) is 5.56 Å². The maximum Gasteiger partial charge on any atom is 0.312 e. The van der Waals surface area contributed by atoms with Gasteiger partial charge in [-0.15, -0.1) is 0 Å². The normalized spacial score (nSPS) is 12.9. The van der Waals surface area contributed by atoms with E-state index in [2.05, 4.69) is 5.32 Å². The molecule has 2 unspecified atom stereocenters. The van der Waals surface area contributed by atoms with Crippen molar-refractivity contribution in [1.82, 2.24) is 5.32 Å². The van der Waals surface area contributed by atoms with Crippen LogP contribution in [0.15, 0.2) is 54.6 Å². The Morgan fingerprint density at radius 1 is 1.08 bits per heavy atom. The maximum absolute atomic E-state index is 12.2. The number of carbonyl (C=O) groups excluding carboxylic acids is 1. The number of ether oxygens (including phenoxy) is 1. The molecule has 25 heavy (non-hydrogen) atoms. The van der Waals surface area contributed by atoms with Gasteiger partial charge in [0.2, 0.25) is 5.91 Å². The molecule has 1 amide bonds. The van der Waals surface area contributed by atoms with Crippen LogP contribution in [0.2, 0.25) is 0 Å². The van der Waals surface area contributed by atoms with Crippen molar-refractivity contribution in [3.63, 3.8) is 0 Å². The lowest BCUT2D eigenvalue weighted by molar-refractivity contribution is -0.138. The van der Waals surface area contributed by atoms with Gasteiger partial charge in [0.1, 0.15) is 5.75 Å². The van der Waals surface area contributed by atoms with Crippen LogP contribution in [-0.2, 0) is 9.59 Å². The summed E-state index contributed by atoms with van der Waals surface area (Å²) < 4.78 is 5.20. The SMILES string of the molecule is COc1cccc(C(C)CC(=O)NCC(C(=O)O)c2ccccc2)c1. The standard InChI is InChI=1S/C20H23NO4/c1-14(16-9-6-10-17(12-16)25-2)11-19(22)21-13-18(20(23)24)15-7-4-3-5-8-15/h3-10,12,14,18H,11,13H2,1-2H3,(H,21,22)(H,23,24). The van der Waals surface area contributed by atoms with Gasteiger partial charge in [-0.05, 0) is 29.2 Å². The lowest BCUT2D eigenvalue weighted by atomic mass is 9.96. The van der Waals surface area contributed by atoms with Gasteiger partial charge < -0.3 is 15.2 Å². The van der Waals surface area contributed by atoms with Gasteiger partial charge in [-0.3, -0.25) is 9.59 Å². The molecule has 0 aliphatic rings. The molecule has 132 valence electrons. The molecule has 2 rings (SSSR count). The number of hydrogen-bond acceptors (Lipinski definition) is 3. The van der Waals surface area contributed by atoms with Crippen molar-refractivity contribution in [3.05, 3.63) is 65.7 Å². The van der Waals surface area contributed by atoms with Crippen LogP contribution in [0.1, 0.15) is 36.3 Å². The molecule has 5 heteroatoms. The van der Waals surface area contributed by atoms with Crippen LogP contribution in [0.4, 0.5) is 0 Å². The van der Waals surface area contributed by atoms with Crippen LogP contribution < -0.4 is 10.1 Å². The van der Waals surface area contributed by atoms with Crippen LogP contribution in [0, 0.1) is 0 Å². The molecular formula is C20H23NO4. The Balaban J connectivity index is 1.93. The lowest BCUT2D eigenvalue weighted by Gasteiger charge is -2.16. The number of rotatable bonds is 8. The molecule has 0 aliphatic carbocycles. The molecule has 0 heterocycles. The summed E-state index contributed by atoms with van der Waals surface area (Å²) in [6.07, 6.45) is 0.286. The van der Waals surface area contributed by atoms with E-state index in [1.165, 1.54) is 0 Å². The van der Waals surface area contributed by atoms with Gasteiger partial charge in [0.25, 0.3) is 0 Å². The molecule has 0 bridgehead atoms. The Morgan fingerprint density at radius 3 is 2.40 bits per heavy atom. The fraction of sp³-hybridized carbons (Fsp3) is 0.300. The number of aliphatic carboxylic acids is 1. The van der Waals surface area contributed by atoms with Crippen molar-refractivity contribution < 1.29 is 19.4 Å². The number of benzene rings is 2. The van der Waals surface area contributed by atoms with Crippen LogP contribution in [0.25, 0.3) is 0 Å². The summed E-state index contributed by atoms with van der Waals surface area (Å²) >= 11 is 0. The Morgan fingerprint density at radius 2 is 1.76 bits per heavy atom. The van der Waals surface area contributed by atoms with Crippen LogP contribution >= 0.6 is 0 Å². The summed E-state index contributed by atoms with van der Waals surface area (Å²) in [4.78, 5) is 23.7. The molecule has 2 aromatic carbocycles. The second kappa shape index (κ2) is 8.87. The van der Waals surface area contributed by atoms with Gasteiger partial charge in [-0.25, -0.2) is 0 Å². The van der Waals surface area contributed by atoms with Crippen molar-refractivity contribution >= 4 is 11.9 Å². The van der Waals surface area contributed by atoms with E-state index in [-0.39, 0.29) is 24.8 Å². The van der Waals surface area contributed by atoms with Crippen molar-refractivity contribution in [2.45, 2.75) is 25.2 Å². The molecular weight excluding hydrogens is 318 g/mol. The average molecular weight is 341 g/mol. The van der Waals surface area contributed by atoms with E-state index in [4.69, 9.17) is 4.74 Å². The van der Waals surface area contributed by atoms with E-state index >= 15 is 0 Å². The predicted octanol–water partition coefficient (Wildman–Crippen LogP) is 3.17. The van der Waals surface area contributed by atoms with E-state index in [1.807, 2.05) is 37.3 Å². The minimum absolute atomic E-state index is 0.00935. The van der Waals surface area contributed by atoms with Crippen LogP contribution in [0.3, 0.4) is 0 Å². The highest BCUT2D eigenvalue weighted by molar-refractivity contribution is 5.80. The van der Waals surface area contributed by atoms with E-state index in [0.717, 1.165) is 11.3 Å². The maximum atomic E-state index is 12.2. The summed E-state index contributed by atoms with van der Waals surface area (Å²) in [6, 6.07) is 16.5. The van der Waals surface area contributed by atoms with Crippen LogP contribution in [0.5, 0.6) is 5.75 Å². The van der Waals surface area contributed by atoms with Crippen molar-refractivity contribution in [1.29, 1.82) is 0 Å². The first-order valence-corrected chi connectivity index (χ1v) is 8.19. The summed E-state index contributed by atoms with van der Waals surface area (Å²) in [5, 5.41) is 12.1. The average Bonchev–Trinajstić information content (AvgIpc) is 2.62. The number of carboxylic acid groups (broad SMARTS) is 1. The lowest BCUT2D eigenvalue weighted by Crippen LogP contribution is -2.32. The smallest absolute Gasteiger partial charge is 0.312 e. The molecule has 0 fully saturated rings. The van der Waals surface area contributed by atoms with E-state index in [9.17, 15) is 14.7 Å². The highest BCUT2D eigenvalue weighted by Gasteiger charge is 2.21. The summed E-state index contributed by atoms with van der Waals surface area (Å²) in [7, 11) is 1.60. The van der Waals surface area contributed by atoms with E-state index < -0.39 is 11.9 Å². The van der Waals surface area contributed by atoms with Gasteiger partial charge in [-0.2, -0.15) is 0 Å². The second-order valence-electron chi connectivity index (χ2n) is 5.99. The minimum atomic E-state index is -0.952. The summed E-state index contributed by atoms with van der Waals surface area (Å²) in [5.74, 6) is -1.11. The van der Waals surface area contributed by atoms with Crippen molar-refractivity contribution in [2.75, 3.05) is 13.7 Å². The number of hydrogen-bond donors (Lipinski definition) is 2. The third-order valence-corrected chi connectivity index (χ3v) is 4.16. The number of amides is 1. The van der Waals surface area contributed by atoms with Gasteiger partial charge in [-0.1, -0.05) is 49.4 Å². The first-order valence-electron chi connectivity index (χ1n) is 8.19. The zero-order chi connectivity index (χ0) is 18.2.